The van der Waals surface area contributed by atoms with E-state index in [1.807, 2.05) is 36.1 Å². The normalized spacial score (nSPS) is 13.5. The lowest BCUT2D eigenvalue weighted by molar-refractivity contribution is -0.113. The molecule has 0 unspecified atom stereocenters. The second-order valence-electron chi connectivity index (χ2n) is 5.54. The van der Waals surface area contributed by atoms with Gasteiger partial charge in [-0.15, -0.1) is 0 Å². The van der Waals surface area contributed by atoms with E-state index in [1.165, 1.54) is 28.3 Å². The minimum Gasteiger partial charge on any atom is -0.465 e. The molecule has 0 aliphatic carbocycles. The van der Waals surface area contributed by atoms with Crippen molar-refractivity contribution in [2.45, 2.75) is 20.0 Å². The maximum absolute atomic E-state index is 11.7. The van der Waals surface area contributed by atoms with Crippen molar-refractivity contribution in [3.63, 3.8) is 0 Å². The van der Waals surface area contributed by atoms with Crippen LogP contribution in [0.3, 0.4) is 0 Å². The number of carbonyl (C=O) groups excluding carboxylic acids is 1. The van der Waals surface area contributed by atoms with Crippen molar-refractivity contribution >= 4 is 11.9 Å². The standard InChI is InChI=1S/C20H20N2O2/c1-3-19(23)21-20(24-4-2)22-13-15-9-5-7-11-17(15)18-12-8-6-10-16(18)14-22/h3,5-12H,1,4,13-14H2,2H3. The first-order valence-corrected chi connectivity index (χ1v) is 8.02. The van der Waals surface area contributed by atoms with Crippen LogP contribution in [-0.4, -0.2) is 23.4 Å². The molecule has 0 saturated carbocycles. The Labute approximate surface area is 142 Å². The Morgan fingerprint density at radius 1 is 1.12 bits per heavy atom. The summed E-state index contributed by atoms with van der Waals surface area (Å²) in [6.07, 6.45) is 1.19. The maximum atomic E-state index is 11.7. The van der Waals surface area contributed by atoms with Crippen molar-refractivity contribution in [1.29, 1.82) is 0 Å². The van der Waals surface area contributed by atoms with Crippen LogP contribution in [0.2, 0.25) is 0 Å². The van der Waals surface area contributed by atoms with E-state index in [0.717, 1.165) is 0 Å². The first-order valence-electron chi connectivity index (χ1n) is 8.02. The summed E-state index contributed by atoms with van der Waals surface area (Å²) < 4.78 is 5.65. The van der Waals surface area contributed by atoms with Crippen LogP contribution < -0.4 is 0 Å². The molecule has 0 bridgehead atoms. The molecule has 0 spiro atoms. The molecule has 1 aliphatic rings. The zero-order chi connectivity index (χ0) is 16.9. The minimum absolute atomic E-state index is 0.342. The SMILES string of the molecule is C=CC(=O)N=C(OCC)N1Cc2ccccc2-c2ccccc2C1. The Hall–Kier alpha value is -2.88. The van der Waals surface area contributed by atoms with Crippen LogP contribution in [0.5, 0.6) is 0 Å². The van der Waals surface area contributed by atoms with Gasteiger partial charge in [-0.25, -0.2) is 0 Å². The molecule has 0 saturated heterocycles. The van der Waals surface area contributed by atoms with Crippen LogP contribution in [0, 0.1) is 0 Å². The van der Waals surface area contributed by atoms with Crippen LogP contribution in [0.25, 0.3) is 11.1 Å². The van der Waals surface area contributed by atoms with E-state index in [4.69, 9.17) is 4.74 Å². The number of ether oxygens (including phenoxy) is 1. The quantitative estimate of drug-likeness (QED) is 0.480. The van der Waals surface area contributed by atoms with Crippen LogP contribution in [0.4, 0.5) is 0 Å². The molecular weight excluding hydrogens is 300 g/mol. The van der Waals surface area contributed by atoms with Crippen molar-refractivity contribution in [1.82, 2.24) is 4.90 Å². The number of aliphatic imine (C=N–C) groups is 1. The van der Waals surface area contributed by atoms with Gasteiger partial charge in [0.15, 0.2) is 0 Å². The Balaban J connectivity index is 2.07. The van der Waals surface area contributed by atoms with Gasteiger partial charge in [0.05, 0.1) is 6.61 Å². The van der Waals surface area contributed by atoms with Gasteiger partial charge in [-0.2, -0.15) is 4.99 Å². The predicted molar refractivity (Wildman–Crippen MR) is 95.4 cm³/mol. The first kappa shape index (κ1) is 16.0. The highest BCUT2D eigenvalue weighted by molar-refractivity contribution is 5.96. The molecule has 0 aromatic heterocycles. The van der Waals surface area contributed by atoms with E-state index < -0.39 is 5.91 Å². The number of rotatable bonds is 2. The summed E-state index contributed by atoms with van der Waals surface area (Å²) in [7, 11) is 0. The second kappa shape index (κ2) is 7.13. The van der Waals surface area contributed by atoms with Gasteiger partial charge >= 0.3 is 0 Å². The fourth-order valence-corrected chi connectivity index (χ4v) is 2.91. The van der Waals surface area contributed by atoms with Gasteiger partial charge in [-0.05, 0) is 35.3 Å². The molecule has 0 atom stereocenters. The molecule has 1 heterocycles. The third-order valence-corrected chi connectivity index (χ3v) is 3.97. The highest BCUT2D eigenvalue weighted by atomic mass is 16.5. The maximum Gasteiger partial charge on any atom is 0.296 e. The van der Waals surface area contributed by atoms with Gasteiger partial charge in [0.2, 0.25) is 0 Å². The van der Waals surface area contributed by atoms with Crippen molar-refractivity contribution in [3.05, 3.63) is 72.3 Å². The predicted octanol–water partition coefficient (Wildman–Crippen LogP) is 3.77. The van der Waals surface area contributed by atoms with Crippen LogP contribution >= 0.6 is 0 Å². The molecular formula is C20H20N2O2. The molecule has 0 N–H and O–H groups in total. The lowest BCUT2D eigenvalue weighted by Crippen LogP contribution is -2.32. The molecule has 4 nitrogen and oxygen atoms in total. The van der Waals surface area contributed by atoms with Gasteiger partial charge in [-0.1, -0.05) is 55.1 Å². The average Bonchev–Trinajstić information content (AvgIpc) is 2.78. The third kappa shape index (κ3) is 3.23. The number of hydrogen-bond donors (Lipinski definition) is 0. The molecule has 3 rings (SSSR count). The van der Waals surface area contributed by atoms with Crippen LogP contribution in [0.1, 0.15) is 18.1 Å². The van der Waals surface area contributed by atoms with E-state index in [1.54, 1.807) is 0 Å². The summed E-state index contributed by atoms with van der Waals surface area (Å²) in [6, 6.07) is 16.9. The third-order valence-electron chi connectivity index (χ3n) is 3.97. The number of amidine groups is 1. The van der Waals surface area contributed by atoms with Crippen molar-refractivity contribution in [2.24, 2.45) is 4.99 Å². The lowest BCUT2D eigenvalue weighted by Gasteiger charge is -2.24. The Kier molecular flexibility index (Phi) is 4.75. The van der Waals surface area contributed by atoms with E-state index in [2.05, 4.69) is 35.8 Å². The number of fused-ring (bicyclic) bond motifs is 3. The number of benzene rings is 2. The van der Waals surface area contributed by atoms with Gasteiger partial charge in [0.25, 0.3) is 11.9 Å². The molecule has 122 valence electrons. The zero-order valence-corrected chi connectivity index (χ0v) is 13.7. The van der Waals surface area contributed by atoms with Gasteiger partial charge in [-0.3, -0.25) is 4.79 Å². The molecule has 4 heteroatoms. The molecule has 24 heavy (non-hydrogen) atoms. The Bertz CT molecular complexity index is 748. The molecule has 0 radical (unpaired) electrons. The number of hydrogen-bond acceptors (Lipinski definition) is 2. The van der Waals surface area contributed by atoms with Crippen molar-refractivity contribution in [3.8, 4) is 11.1 Å². The summed E-state index contributed by atoms with van der Waals surface area (Å²) in [5, 5.41) is 0. The second-order valence-corrected chi connectivity index (χ2v) is 5.54. The fourth-order valence-electron chi connectivity index (χ4n) is 2.91. The Morgan fingerprint density at radius 3 is 2.17 bits per heavy atom. The topological polar surface area (TPSA) is 41.9 Å². The zero-order valence-electron chi connectivity index (χ0n) is 13.7. The number of carbonyl (C=O) groups is 1. The summed E-state index contributed by atoms with van der Waals surface area (Å²) in [5.74, 6) is -0.399. The first-order chi connectivity index (χ1) is 11.7. The Morgan fingerprint density at radius 2 is 1.67 bits per heavy atom. The van der Waals surface area contributed by atoms with Gasteiger partial charge < -0.3 is 9.64 Å². The number of amides is 1. The summed E-state index contributed by atoms with van der Waals surface area (Å²) in [5.41, 5.74) is 4.78. The highest BCUT2D eigenvalue weighted by Crippen LogP contribution is 2.32. The molecule has 2 aromatic rings. The van der Waals surface area contributed by atoms with Gasteiger partial charge in [0.1, 0.15) is 0 Å². The summed E-state index contributed by atoms with van der Waals surface area (Å²) in [6.45, 7) is 7.07. The van der Waals surface area contributed by atoms with E-state index >= 15 is 0 Å². The smallest absolute Gasteiger partial charge is 0.296 e. The van der Waals surface area contributed by atoms with Crippen LogP contribution in [0.15, 0.2) is 66.2 Å². The van der Waals surface area contributed by atoms with E-state index in [-0.39, 0.29) is 0 Å². The largest absolute Gasteiger partial charge is 0.465 e. The van der Waals surface area contributed by atoms with Gasteiger partial charge in [0, 0.05) is 13.1 Å². The summed E-state index contributed by atoms with van der Waals surface area (Å²) in [4.78, 5) is 17.8. The lowest BCUT2D eigenvalue weighted by atomic mass is 9.97. The highest BCUT2D eigenvalue weighted by Gasteiger charge is 2.22. The molecule has 1 aliphatic heterocycles. The minimum atomic E-state index is -0.399. The van der Waals surface area contributed by atoms with E-state index in [9.17, 15) is 4.79 Å². The van der Waals surface area contributed by atoms with E-state index in [0.29, 0.717) is 25.7 Å². The van der Waals surface area contributed by atoms with Crippen molar-refractivity contribution < 1.29 is 9.53 Å². The molecule has 1 amide bonds. The average molecular weight is 320 g/mol. The summed E-state index contributed by atoms with van der Waals surface area (Å²) >= 11 is 0. The monoisotopic (exact) mass is 320 g/mol. The molecule has 0 fully saturated rings. The number of nitrogens with zero attached hydrogens (tertiary/aromatic N) is 2. The van der Waals surface area contributed by atoms with Crippen molar-refractivity contribution in [2.75, 3.05) is 6.61 Å². The van der Waals surface area contributed by atoms with Crippen LogP contribution in [-0.2, 0) is 22.6 Å². The molecule has 2 aromatic carbocycles. The fraction of sp³-hybridized carbons (Fsp3) is 0.200.